The molecular formula is C19H32N4O2. The zero-order valence-corrected chi connectivity index (χ0v) is 15.8. The van der Waals surface area contributed by atoms with Crippen LogP contribution in [0, 0.1) is 0 Å². The first-order valence-corrected chi connectivity index (χ1v) is 9.20. The third-order valence-corrected chi connectivity index (χ3v) is 4.41. The van der Waals surface area contributed by atoms with Gasteiger partial charge < -0.3 is 20.1 Å². The van der Waals surface area contributed by atoms with Crippen LogP contribution in [0.25, 0.3) is 0 Å². The Labute approximate surface area is 151 Å². The Balaban J connectivity index is 1.82. The zero-order chi connectivity index (χ0) is 17.9. The summed E-state index contributed by atoms with van der Waals surface area (Å²) in [5, 5.41) is 6.74. The zero-order valence-electron chi connectivity index (χ0n) is 15.8. The Morgan fingerprint density at radius 2 is 2.04 bits per heavy atom. The lowest BCUT2D eigenvalue weighted by molar-refractivity contribution is 0.0220. The molecule has 1 heterocycles. The average Bonchev–Trinajstić information content (AvgIpc) is 2.67. The average molecular weight is 348 g/mol. The first-order chi connectivity index (χ1) is 12.2. The third kappa shape index (κ3) is 6.55. The van der Waals surface area contributed by atoms with Gasteiger partial charge in [0.2, 0.25) is 0 Å². The lowest BCUT2D eigenvalue weighted by Crippen LogP contribution is -2.44. The summed E-state index contributed by atoms with van der Waals surface area (Å²) >= 11 is 0. The smallest absolute Gasteiger partial charge is 0.191 e. The van der Waals surface area contributed by atoms with Crippen molar-refractivity contribution >= 4 is 5.96 Å². The highest BCUT2D eigenvalue weighted by Gasteiger charge is 2.16. The minimum Gasteiger partial charge on any atom is -0.496 e. The van der Waals surface area contributed by atoms with Crippen LogP contribution in [0.2, 0.25) is 0 Å². The van der Waals surface area contributed by atoms with Crippen LogP contribution in [-0.2, 0) is 11.2 Å². The summed E-state index contributed by atoms with van der Waals surface area (Å²) < 4.78 is 10.8. The second-order valence-electron chi connectivity index (χ2n) is 6.21. The molecular weight excluding hydrogens is 316 g/mol. The van der Waals surface area contributed by atoms with E-state index in [0.29, 0.717) is 6.04 Å². The molecule has 2 rings (SSSR count). The van der Waals surface area contributed by atoms with E-state index in [1.165, 1.54) is 5.56 Å². The molecule has 0 bridgehead atoms. The maximum Gasteiger partial charge on any atom is 0.191 e. The van der Waals surface area contributed by atoms with Gasteiger partial charge in [0.25, 0.3) is 0 Å². The number of hydrogen-bond acceptors (Lipinski definition) is 4. The van der Waals surface area contributed by atoms with E-state index in [2.05, 4.69) is 35.4 Å². The van der Waals surface area contributed by atoms with Gasteiger partial charge in [0, 0.05) is 32.2 Å². The number of nitrogens with one attached hydrogen (secondary N) is 2. The largest absolute Gasteiger partial charge is 0.496 e. The minimum absolute atomic E-state index is 0.425. The van der Waals surface area contributed by atoms with Crippen molar-refractivity contribution in [2.45, 2.75) is 26.3 Å². The number of guanidine groups is 1. The first-order valence-electron chi connectivity index (χ1n) is 9.20. The molecule has 1 aromatic rings. The van der Waals surface area contributed by atoms with E-state index in [1.807, 2.05) is 18.2 Å². The van der Waals surface area contributed by atoms with Crippen LogP contribution >= 0.6 is 0 Å². The normalized spacial score (nSPS) is 17.2. The van der Waals surface area contributed by atoms with Crippen LogP contribution in [-0.4, -0.2) is 69.9 Å². The summed E-state index contributed by atoms with van der Waals surface area (Å²) in [6.45, 7) is 10.4. The monoisotopic (exact) mass is 348 g/mol. The van der Waals surface area contributed by atoms with E-state index >= 15 is 0 Å². The van der Waals surface area contributed by atoms with Crippen molar-refractivity contribution in [2.24, 2.45) is 4.99 Å². The van der Waals surface area contributed by atoms with E-state index < -0.39 is 0 Å². The van der Waals surface area contributed by atoms with Gasteiger partial charge in [-0.3, -0.25) is 9.89 Å². The second kappa shape index (κ2) is 10.9. The highest BCUT2D eigenvalue weighted by molar-refractivity contribution is 5.79. The summed E-state index contributed by atoms with van der Waals surface area (Å²) in [7, 11) is 1.71. The SMILES string of the molecule is CCNC(=NCC(C)N1CCOCC1)NCCc1ccccc1OC. The van der Waals surface area contributed by atoms with Crippen molar-refractivity contribution in [1.82, 2.24) is 15.5 Å². The fourth-order valence-electron chi connectivity index (χ4n) is 2.92. The molecule has 140 valence electrons. The van der Waals surface area contributed by atoms with Crippen LogP contribution in [0.5, 0.6) is 5.75 Å². The first kappa shape index (κ1) is 19.5. The lowest BCUT2D eigenvalue weighted by atomic mass is 10.1. The van der Waals surface area contributed by atoms with Crippen LogP contribution < -0.4 is 15.4 Å². The van der Waals surface area contributed by atoms with Crippen molar-refractivity contribution in [3.63, 3.8) is 0 Å². The van der Waals surface area contributed by atoms with Gasteiger partial charge in [-0.05, 0) is 31.9 Å². The summed E-state index contributed by atoms with van der Waals surface area (Å²) in [6.07, 6.45) is 0.896. The Morgan fingerprint density at radius 1 is 1.28 bits per heavy atom. The van der Waals surface area contributed by atoms with Gasteiger partial charge in [-0.2, -0.15) is 0 Å². The molecule has 1 fully saturated rings. The van der Waals surface area contributed by atoms with Crippen molar-refractivity contribution < 1.29 is 9.47 Å². The van der Waals surface area contributed by atoms with Crippen LogP contribution in [0.3, 0.4) is 0 Å². The molecule has 0 amide bonds. The summed E-state index contributed by atoms with van der Waals surface area (Å²) in [5.41, 5.74) is 1.20. The number of methoxy groups -OCH3 is 1. The van der Waals surface area contributed by atoms with E-state index in [1.54, 1.807) is 7.11 Å². The molecule has 0 radical (unpaired) electrons. The molecule has 0 aliphatic carbocycles. The molecule has 1 unspecified atom stereocenters. The topological polar surface area (TPSA) is 58.1 Å². The molecule has 25 heavy (non-hydrogen) atoms. The Bertz CT molecular complexity index is 530. The highest BCUT2D eigenvalue weighted by atomic mass is 16.5. The van der Waals surface area contributed by atoms with E-state index in [0.717, 1.165) is 64.1 Å². The fourth-order valence-corrected chi connectivity index (χ4v) is 2.92. The molecule has 2 N–H and O–H groups in total. The Morgan fingerprint density at radius 3 is 2.76 bits per heavy atom. The number of para-hydroxylation sites is 1. The lowest BCUT2D eigenvalue weighted by Gasteiger charge is -2.31. The van der Waals surface area contributed by atoms with Gasteiger partial charge in [0.05, 0.1) is 26.9 Å². The number of aliphatic imine (C=N–C) groups is 1. The Hall–Kier alpha value is -1.79. The maximum atomic E-state index is 5.42. The number of nitrogens with zero attached hydrogens (tertiary/aromatic N) is 2. The van der Waals surface area contributed by atoms with Crippen LogP contribution in [0.4, 0.5) is 0 Å². The summed E-state index contributed by atoms with van der Waals surface area (Å²) in [6, 6.07) is 8.56. The molecule has 1 aromatic carbocycles. The molecule has 0 saturated carbocycles. The number of ether oxygens (including phenoxy) is 2. The molecule has 0 spiro atoms. The van der Waals surface area contributed by atoms with Crippen molar-refractivity contribution in [1.29, 1.82) is 0 Å². The molecule has 1 atom stereocenters. The maximum absolute atomic E-state index is 5.42. The highest BCUT2D eigenvalue weighted by Crippen LogP contribution is 2.17. The van der Waals surface area contributed by atoms with Gasteiger partial charge in [-0.1, -0.05) is 18.2 Å². The summed E-state index contributed by atoms with van der Waals surface area (Å²) in [5.74, 6) is 1.81. The predicted octanol–water partition coefficient (Wildman–Crippen LogP) is 1.51. The van der Waals surface area contributed by atoms with Gasteiger partial charge in [0.1, 0.15) is 5.75 Å². The fraction of sp³-hybridized carbons (Fsp3) is 0.632. The van der Waals surface area contributed by atoms with Crippen molar-refractivity contribution in [3.8, 4) is 5.75 Å². The minimum atomic E-state index is 0.425. The van der Waals surface area contributed by atoms with Crippen LogP contribution in [0.15, 0.2) is 29.3 Å². The summed E-state index contributed by atoms with van der Waals surface area (Å²) in [4.78, 5) is 7.18. The number of rotatable bonds is 8. The number of hydrogen-bond donors (Lipinski definition) is 2. The Kier molecular flexibility index (Phi) is 8.55. The van der Waals surface area contributed by atoms with E-state index in [-0.39, 0.29) is 0 Å². The third-order valence-electron chi connectivity index (χ3n) is 4.41. The van der Waals surface area contributed by atoms with Gasteiger partial charge in [-0.15, -0.1) is 0 Å². The number of morpholine rings is 1. The molecule has 6 nitrogen and oxygen atoms in total. The van der Waals surface area contributed by atoms with Gasteiger partial charge in [0.15, 0.2) is 5.96 Å². The van der Waals surface area contributed by atoms with Crippen LogP contribution in [0.1, 0.15) is 19.4 Å². The van der Waals surface area contributed by atoms with Gasteiger partial charge in [-0.25, -0.2) is 0 Å². The second-order valence-corrected chi connectivity index (χ2v) is 6.21. The molecule has 1 aliphatic rings. The quantitative estimate of drug-likeness (QED) is 0.551. The van der Waals surface area contributed by atoms with E-state index in [9.17, 15) is 0 Å². The predicted molar refractivity (Wildman–Crippen MR) is 103 cm³/mol. The standard InChI is InChI=1S/C19H32N4O2/c1-4-20-19(22-15-16(2)23-11-13-25-14-12-23)21-10-9-17-7-5-6-8-18(17)24-3/h5-8,16H,4,9-15H2,1-3H3,(H2,20,21,22). The van der Waals surface area contributed by atoms with Gasteiger partial charge >= 0.3 is 0 Å². The molecule has 1 saturated heterocycles. The number of benzene rings is 1. The molecule has 1 aliphatic heterocycles. The van der Waals surface area contributed by atoms with Crippen molar-refractivity contribution in [3.05, 3.63) is 29.8 Å². The molecule has 0 aromatic heterocycles. The van der Waals surface area contributed by atoms with Crippen molar-refractivity contribution in [2.75, 3.05) is 53.0 Å². The van der Waals surface area contributed by atoms with E-state index in [4.69, 9.17) is 14.5 Å². The molecule has 6 heteroatoms.